The minimum absolute atomic E-state index is 0.0221. The molecule has 3 heterocycles. The lowest BCUT2D eigenvalue weighted by atomic mass is 10.0. The predicted molar refractivity (Wildman–Crippen MR) is 469 cm³/mol. The van der Waals surface area contributed by atoms with Crippen molar-refractivity contribution in [2.75, 3.05) is 25.5 Å². The van der Waals surface area contributed by atoms with Crippen molar-refractivity contribution < 1.29 is 232 Å². The number of aliphatic hydroxyl groups is 6. The molecular weight excluding hydrogens is 2290 g/mol. The quantitative estimate of drug-likeness (QED) is 0.00735. The van der Waals surface area contributed by atoms with Gasteiger partial charge in [-0.25, -0.2) is 9.97 Å². The molecule has 0 spiro atoms. The third-order valence-electron chi connectivity index (χ3n) is 19.2. The van der Waals surface area contributed by atoms with E-state index in [0.717, 1.165) is 47.7 Å². The maximum absolute atomic E-state index is 12.3. The summed E-state index contributed by atoms with van der Waals surface area (Å²) in [6, 6.07) is 27.6. The van der Waals surface area contributed by atoms with E-state index in [4.69, 9.17) is 29.4 Å². The SMILES string of the molecule is CC(C)=CCC/C(C)=C/CC(Cc1cccc(CC=C(C)C)c1)(P(=O)([O-])[O-])P(=O)([O-])O.CCCCCC(O)(P(=O)([O-])[O-])P(=O)([O-])O.CN(CCCCc1ccccc1)CCC(O)(P(=O)([O-])[O-])P(=O)([O-])O.Cc1cccnc1NC(O)(P(=O)([O-])[O-])P(=O)([O-])O.O=P([O-])([O-])C(O)(Cc1ccc(Br)c(Br)c1)P(=O)([O-])O.O=P([O-])([O-])C(O)(Cc1ccccn1)P(=O)([O-])O.O=P([O-])([O-])C(O)(Cc1ncc[nH]1)P(=O)([O-])O. The topological polar surface area (TPSA) is 1060 Å². The Bertz CT molecular complexity index is 5650. The van der Waals surface area contributed by atoms with Gasteiger partial charge < -0.3 is 247 Å². The van der Waals surface area contributed by atoms with Crippen molar-refractivity contribution in [2.24, 2.45) is 0 Å². The molecule has 14 atom stereocenters. The summed E-state index contributed by atoms with van der Waals surface area (Å²) < 4.78 is 156. The highest BCUT2D eigenvalue weighted by molar-refractivity contribution is 9.13. The van der Waals surface area contributed by atoms with Crippen molar-refractivity contribution in [3.8, 4) is 0 Å². The van der Waals surface area contributed by atoms with Crippen molar-refractivity contribution in [2.45, 2.75) is 187 Å². The van der Waals surface area contributed by atoms with Gasteiger partial charge in [-0.2, -0.15) is 0 Å². The molecule has 0 bridgehead atoms. The van der Waals surface area contributed by atoms with Crippen LogP contribution >= 0.6 is 138 Å². The van der Waals surface area contributed by atoms with E-state index in [1.165, 1.54) is 91.0 Å². The van der Waals surface area contributed by atoms with Crippen molar-refractivity contribution in [3.63, 3.8) is 0 Å². The molecule has 15 N–H and O–H groups in total. The second-order valence-corrected chi connectivity index (χ2v) is 59.9. The van der Waals surface area contributed by atoms with Gasteiger partial charge in [0, 0.05) is 71.7 Å². The lowest BCUT2D eigenvalue weighted by Crippen LogP contribution is -2.48. The molecule has 6 rings (SSSR count). The van der Waals surface area contributed by atoms with Crippen LogP contribution < -0.4 is 108 Å². The molecule has 802 valence electrons. The van der Waals surface area contributed by atoms with Gasteiger partial charge in [-0.05, 0) is 255 Å². The van der Waals surface area contributed by atoms with Gasteiger partial charge in [0.15, 0.2) is 71.0 Å². The van der Waals surface area contributed by atoms with Crippen LogP contribution in [0.1, 0.15) is 145 Å². The third-order valence-corrected chi connectivity index (χ3v) is 46.8. The number of aromatic amines is 1. The predicted octanol–water partition coefficient (Wildman–Crippen LogP) is -5.40. The first-order valence-electron chi connectivity index (χ1n) is 39.2. The Morgan fingerprint density at radius 1 is 0.414 bits per heavy atom. The number of allylic oxidation sites excluding steroid dienone is 6. The summed E-state index contributed by atoms with van der Waals surface area (Å²) in [5.41, 5.74) is 5.55. The van der Waals surface area contributed by atoms with Gasteiger partial charge in [0.05, 0.1) is 4.90 Å². The van der Waals surface area contributed by atoms with E-state index in [1.54, 1.807) is 44.0 Å². The van der Waals surface area contributed by atoms with Crippen LogP contribution in [0.25, 0.3) is 0 Å². The minimum Gasteiger partial charge on any atom is -0.810 e. The number of imidazole rings is 1. The first-order chi connectivity index (χ1) is 62.7. The van der Waals surface area contributed by atoms with Crippen molar-refractivity contribution in [1.82, 2.24) is 24.8 Å². The Labute approximate surface area is 818 Å². The van der Waals surface area contributed by atoms with Gasteiger partial charge in [0.1, 0.15) is 19.2 Å². The molecule has 3 aromatic carbocycles. The number of halogens is 2. The van der Waals surface area contributed by atoms with E-state index in [-0.39, 0.29) is 41.4 Å². The average Bonchev–Trinajstić information content (AvgIpc) is 0.839. The number of aryl methyl sites for hydroxylation is 2. The number of hydrogen-bond acceptors (Lipinski definition) is 46. The van der Waals surface area contributed by atoms with Gasteiger partial charge in [-0.1, -0.05) is 135 Å². The number of anilines is 1. The lowest BCUT2D eigenvalue weighted by molar-refractivity contribution is -0.330. The molecule has 0 fully saturated rings. The summed E-state index contributed by atoms with van der Waals surface area (Å²) in [5, 5.41) is 35.3. The number of pyridine rings is 2. The smallest absolute Gasteiger partial charge is 0.228 e. The Morgan fingerprint density at radius 2 is 0.864 bits per heavy atom. The summed E-state index contributed by atoms with van der Waals surface area (Å²) in [7, 11) is -80.2. The summed E-state index contributed by atoms with van der Waals surface area (Å²) in [6.45, 7) is 13.1. The third kappa shape index (κ3) is 41.7. The summed E-state index contributed by atoms with van der Waals surface area (Å²) in [5.74, 6) is -0.628. The molecule has 6 aromatic rings. The molecule has 14 unspecified atom stereocenters. The zero-order chi connectivity index (χ0) is 110. The molecule has 70 heteroatoms. The molecule has 0 aliphatic rings. The second-order valence-electron chi connectivity index (χ2n) is 31.1. The Morgan fingerprint density at radius 3 is 1.27 bits per heavy atom. The molecular formula is C70H99Br2N6O48P14-21. The van der Waals surface area contributed by atoms with Gasteiger partial charge in [-0.15, -0.1) is 0 Å². The largest absolute Gasteiger partial charge is 0.810 e. The summed E-state index contributed by atoms with van der Waals surface area (Å²) in [6.07, 6.45) is 9.48. The van der Waals surface area contributed by atoms with Gasteiger partial charge in [-0.3, -0.25) is 4.98 Å². The first kappa shape index (κ1) is 137. The number of nitrogens with zero attached hydrogens (tertiary/aromatic N) is 4. The normalized spacial score (nSPS) is 18.4. The van der Waals surface area contributed by atoms with E-state index < -0.39 is 187 Å². The van der Waals surface area contributed by atoms with E-state index in [2.05, 4.69) is 51.8 Å². The molecule has 140 heavy (non-hydrogen) atoms. The highest BCUT2D eigenvalue weighted by atomic mass is 79.9. The molecule has 0 aliphatic heterocycles. The fourth-order valence-electron chi connectivity index (χ4n) is 10.9. The van der Waals surface area contributed by atoms with Crippen LogP contribution in [0.15, 0.2) is 172 Å². The first-order valence-corrected chi connectivity index (χ1v) is 62.7. The molecule has 0 saturated carbocycles. The zero-order valence-electron chi connectivity index (χ0n) is 74.5. The van der Waals surface area contributed by atoms with Crippen LogP contribution in [0.4, 0.5) is 5.82 Å². The van der Waals surface area contributed by atoms with E-state index >= 15 is 0 Å². The number of nitrogens with one attached hydrogen (secondary N) is 2. The monoisotopic (exact) mass is 2380 g/mol. The van der Waals surface area contributed by atoms with Gasteiger partial charge in [0.2, 0.25) is 5.21 Å². The van der Waals surface area contributed by atoms with Gasteiger partial charge in [0.25, 0.3) is 0 Å². The Balaban J connectivity index is 0.00000163. The van der Waals surface area contributed by atoms with Crippen molar-refractivity contribution >= 4 is 144 Å². The fourth-order valence-corrected chi connectivity index (χ4v) is 25.9. The number of hydrogen-bond donors (Lipinski definition) is 15. The van der Waals surface area contributed by atoms with Crippen molar-refractivity contribution in [1.29, 1.82) is 0 Å². The molecule has 3 aromatic heterocycles. The molecule has 0 aliphatic carbocycles. The highest BCUT2D eigenvalue weighted by Crippen LogP contribution is 2.69. The maximum atomic E-state index is 12.3. The summed E-state index contributed by atoms with van der Waals surface area (Å²) >= 11 is 6.23. The van der Waals surface area contributed by atoms with Crippen LogP contribution in [0.5, 0.6) is 0 Å². The molecule has 0 saturated heterocycles. The summed E-state index contributed by atoms with van der Waals surface area (Å²) in [4.78, 5) is 305. The van der Waals surface area contributed by atoms with E-state index in [9.17, 15) is 202 Å². The maximum Gasteiger partial charge on any atom is 0.228 e. The number of rotatable bonds is 43. The standard InChI is InChI=1S/C23H36O6P2.C14H25NO7P2.C8H10Br2O7P2.C7H12N2O7P2.C7H11NO7P2.C6H16O7P2.C5H10N2O7P2/c1-18(2)8-6-9-20(5)14-15-23(30(24,25)26,31(27,28)29)17-22-11-7-10-21(16-22)13-12-19(3)4;1-15(11-6-5-9-13-7-3-2-4-8-13)12-10-14(16,23(17,18)19)24(20,21)22;9-6-2-1-5(3-7(6)10)4-8(11,18(12,13)14)19(15,16)17;1-5-3-2-4-8-6(5)9-7(10,17(11,12)13)18(14,15)16;9-7(16(10,11)12,17(13,14)15)5-6-3-1-2-4-8-6;1-2-3-4-5-6(7,14(8,9)10)15(11,12)13;8-5(15(9,10)11,16(12,13)14)3-4-6-1-2-7-4/h7-8,10-12,14,16H,6,9,13,15,17H2,1-5H3,(H2,24,25,26)(H2,27,28,29);2-4,7-8,16H,5-6,9-12H2,1H3,(H2,17,18,19)(H2,20,21,22);1-3,11H,4H2,(H2,12,13,14)(H2,15,16,17);2-4,10H,1H3,(H,8,9)(H2,11,12,13)(H2,14,15,16);1-4,9H,5H2,(H2,10,11,12)(H2,13,14,15);7H,2-5H2,1H3,(H2,8,9,10)(H2,11,12,13);1-2,8H,3H2,(H,6,7)(H2,9,10,11)(H2,12,13,14)/p-21/b20-14+;;;;;;. The van der Waals surface area contributed by atoms with Crippen LogP contribution in [-0.2, 0) is 102 Å². The highest BCUT2D eigenvalue weighted by Gasteiger charge is 2.48. The molecule has 0 radical (unpaired) electrons. The van der Waals surface area contributed by atoms with Crippen LogP contribution in [-0.4, -0.2) is 145 Å². The average molecular weight is 2390 g/mol. The van der Waals surface area contributed by atoms with Crippen LogP contribution in [0.3, 0.4) is 0 Å². The number of aromatic nitrogens is 4. The number of H-pyrrole nitrogens is 1. The minimum atomic E-state index is -6.12. The number of unbranched alkanes of at least 4 members (excludes halogenated alkanes) is 3. The molecule has 0 amide bonds. The van der Waals surface area contributed by atoms with E-state index in [1.807, 2.05) is 76.2 Å². The van der Waals surface area contributed by atoms with Gasteiger partial charge >= 0.3 is 0 Å². The Hall–Kier alpha value is -3.03. The van der Waals surface area contributed by atoms with Crippen LogP contribution in [0.2, 0.25) is 0 Å². The molecule has 54 nitrogen and oxygen atoms in total. The lowest BCUT2D eigenvalue weighted by Gasteiger charge is -2.53. The number of benzene rings is 3. The second kappa shape index (κ2) is 55.1. The fraction of sp³-hybridized carbons (Fsp3) is 0.471. The Kier molecular flexibility index (Phi) is 53.9. The van der Waals surface area contributed by atoms with E-state index in [0.29, 0.717) is 53.2 Å². The van der Waals surface area contributed by atoms with Crippen LogP contribution in [0, 0.1) is 6.92 Å². The van der Waals surface area contributed by atoms with Crippen molar-refractivity contribution in [3.05, 3.63) is 211 Å². The zero-order valence-corrected chi connectivity index (χ0v) is 90.2.